The van der Waals surface area contributed by atoms with Gasteiger partial charge in [-0.2, -0.15) is 0 Å². The Bertz CT molecular complexity index is 4340. The first-order valence-electron chi connectivity index (χ1n) is 27.3. The maximum absolute atomic E-state index is 2.93. The van der Waals surface area contributed by atoms with Crippen LogP contribution in [0.2, 0.25) is 0 Å². The molecule has 2 aliphatic heterocycles. The van der Waals surface area contributed by atoms with Crippen molar-refractivity contribution in [2.45, 2.75) is 0 Å². The molecule has 0 unspecified atom stereocenters. The first-order chi connectivity index (χ1) is 38.7. The molecule has 0 radical (unpaired) electrons. The van der Waals surface area contributed by atoms with Gasteiger partial charge in [0.2, 0.25) is 0 Å². The van der Waals surface area contributed by atoms with Gasteiger partial charge in [0, 0.05) is 0 Å². The Kier molecular flexibility index (Phi) is 10.1. The van der Waals surface area contributed by atoms with E-state index in [0.717, 1.165) is 0 Å². The summed E-state index contributed by atoms with van der Waals surface area (Å²) in [6, 6.07) is 116. The molecule has 14 aromatic rings. The summed E-state index contributed by atoms with van der Waals surface area (Å²) in [5, 5.41) is 21.4. The third kappa shape index (κ3) is 6.21. The van der Waals surface area contributed by atoms with E-state index in [4.69, 9.17) is 0 Å². The molecule has 16 rings (SSSR count). The Morgan fingerprint density at radius 1 is 0.179 bits per heavy atom. The molecule has 0 fully saturated rings. The molecule has 0 N–H and O–H groups in total. The molecule has 0 aromatic heterocycles. The van der Waals surface area contributed by atoms with Crippen LogP contribution in [0.4, 0.5) is 0 Å². The van der Waals surface area contributed by atoms with E-state index in [1.807, 2.05) is 0 Å². The fourth-order valence-corrected chi connectivity index (χ4v) is 25.4. The van der Waals surface area contributed by atoms with Gasteiger partial charge in [-0.3, -0.25) is 0 Å². The molecule has 0 saturated carbocycles. The first kappa shape index (κ1) is 44.8. The number of hydrogen-bond acceptors (Lipinski definition) is 0. The Balaban J connectivity index is 1.08. The molecule has 0 amide bonds. The van der Waals surface area contributed by atoms with Crippen molar-refractivity contribution in [3.8, 4) is 55.6 Å². The predicted molar refractivity (Wildman–Crippen MR) is 338 cm³/mol. The molecule has 2 aliphatic rings. The van der Waals surface area contributed by atoms with Crippen LogP contribution in [-0.4, -0.2) is 16.1 Å². The average molecular weight is 1020 g/mol. The summed E-state index contributed by atoms with van der Waals surface area (Å²) < 4.78 is 0. The van der Waals surface area contributed by atoms with Crippen molar-refractivity contribution in [2.24, 2.45) is 0 Å². The summed E-state index contributed by atoms with van der Waals surface area (Å²) in [6.45, 7) is 0. The van der Waals surface area contributed by atoms with E-state index >= 15 is 0 Å². The van der Waals surface area contributed by atoms with Crippen molar-refractivity contribution in [1.29, 1.82) is 0 Å². The second kappa shape index (κ2) is 17.6. The molecular formula is C76H50Si2. The minimum atomic E-state index is -2.93. The van der Waals surface area contributed by atoms with E-state index in [2.05, 4.69) is 303 Å². The Hall–Kier alpha value is -9.45. The number of hydrogen-bond donors (Lipinski definition) is 0. The molecule has 78 heavy (non-hydrogen) atoms. The van der Waals surface area contributed by atoms with Crippen LogP contribution in [0.5, 0.6) is 0 Å². The number of fused-ring (bicyclic) bond motifs is 10. The van der Waals surface area contributed by atoms with Gasteiger partial charge in [0.25, 0.3) is 0 Å². The summed E-state index contributed by atoms with van der Waals surface area (Å²) in [4.78, 5) is 0. The van der Waals surface area contributed by atoms with Crippen LogP contribution in [0.3, 0.4) is 0 Å². The van der Waals surface area contributed by atoms with Crippen LogP contribution >= 0.6 is 0 Å². The summed E-state index contributed by atoms with van der Waals surface area (Å²) in [5.74, 6) is 0. The molecular weight excluding hydrogens is 969 g/mol. The van der Waals surface area contributed by atoms with Gasteiger partial charge >= 0.3 is 0 Å². The van der Waals surface area contributed by atoms with Crippen molar-refractivity contribution >= 4 is 101 Å². The largest absolute Gasteiger partial charge is 0.181 e. The smallest absolute Gasteiger partial charge is 0.0623 e. The fourth-order valence-electron chi connectivity index (χ4n) is 14.6. The van der Waals surface area contributed by atoms with Gasteiger partial charge in [-0.1, -0.05) is 291 Å². The maximum atomic E-state index is 2.59. The van der Waals surface area contributed by atoms with E-state index in [1.165, 1.54) is 140 Å². The lowest BCUT2D eigenvalue weighted by molar-refractivity contribution is 1.66. The van der Waals surface area contributed by atoms with Crippen LogP contribution in [0.1, 0.15) is 0 Å². The minimum absolute atomic E-state index is 1.24. The lowest BCUT2D eigenvalue weighted by atomic mass is 9.83. The molecule has 0 bridgehead atoms. The molecule has 2 heteroatoms. The molecule has 14 aromatic carbocycles. The van der Waals surface area contributed by atoms with Gasteiger partial charge in [0.05, 0.1) is 0 Å². The normalized spacial score (nSPS) is 13.6. The van der Waals surface area contributed by atoms with E-state index < -0.39 is 16.1 Å². The Morgan fingerprint density at radius 2 is 0.462 bits per heavy atom. The molecule has 0 nitrogen and oxygen atoms in total. The second-order valence-corrected chi connectivity index (χ2v) is 28.6. The zero-order valence-corrected chi connectivity index (χ0v) is 44.9. The maximum Gasteiger partial charge on any atom is 0.181 e. The lowest BCUT2D eigenvalue weighted by Gasteiger charge is -2.33. The van der Waals surface area contributed by atoms with E-state index in [9.17, 15) is 0 Å². The average Bonchev–Trinajstić information content (AvgIpc) is 3.81. The van der Waals surface area contributed by atoms with Crippen molar-refractivity contribution in [2.75, 3.05) is 0 Å². The van der Waals surface area contributed by atoms with E-state index in [1.54, 1.807) is 0 Å². The highest BCUT2D eigenvalue weighted by atomic mass is 28.3. The molecule has 0 atom stereocenters. The SMILES string of the molecule is c1ccc([Si]2(c3ccccc3)c3ccccc3-c3cccc(-c4cccc5c(-c6c7ccccc7cc7ccccc67)c6cccc(-c7cccc8c7[Si](c7ccccc7)(c7ccccc7)c7ccccc7-8)c6cc45)c32)cc1. The highest BCUT2D eigenvalue weighted by Gasteiger charge is 2.51. The molecule has 2 heterocycles. The third-order valence-corrected chi connectivity index (χ3v) is 27.5. The third-order valence-electron chi connectivity index (χ3n) is 17.6. The monoisotopic (exact) mass is 1020 g/mol. The molecule has 0 saturated heterocycles. The Morgan fingerprint density at radius 3 is 0.872 bits per heavy atom. The summed E-state index contributed by atoms with van der Waals surface area (Å²) in [6.07, 6.45) is 0. The minimum Gasteiger partial charge on any atom is -0.0623 e. The topological polar surface area (TPSA) is 0 Å². The van der Waals surface area contributed by atoms with Crippen LogP contribution in [0, 0.1) is 0 Å². The van der Waals surface area contributed by atoms with Crippen molar-refractivity contribution in [3.63, 3.8) is 0 Å². The Labute approximate surface area is 456 Å². The zero-order chi connectivity index (χ0) is 51.4. The highest BCUT2D eigenvalue weighted by Crippen LogP contribution is 2.48. The molecule has 0 aliphatic carbocycles. The van der Waals surface area contributed by atoms with Gasteiger partial charge < -0.3 is 0 Å². The van der Waals surface area contributed by atoms with E-state index in [0.29, 0.717) is 0 Å². The van der Waals surface area contributed by atoms with Crippen LogP contribution in [-0.2, 0) is 0 Å². The quantitative estimate of drug-likeness (QED) is 0.110. The molecule has 362 valence electrons. The van der Waals surface area contributed by atoms with E-state index in [-0.39, 0.29) is 0 Å². The zero-order valence-electron chi connectivity index (χ0n) is 42.9. The fraction of sp³-hybridized carbons (Fsp3) is 0. The number of benzene rings is 14. The van der Waals surface area contributed by atoms with Gasteiger partial charge in [0.15, 0.2) is 16.1 Å². The van der Waals surface area contributed by atoms with Gasteiger partial charge in [-0.25, -0.2) is 0 Å². The van der Waals surface area contributed by atoms with Crippen LogP contribution in [0.15, 0.2) is 303 Å². The van der Waals surface area contributed by atoms with Gasteiger partial charge in [-0.05, 0) is 152 Å². The van der Waals surface area contributed by atoms with Crippen molar-refractivity contribution in [1.82, 2.24) is 0 Å². The number of rotatable bonds is 7. The van der Waals surface area contributed by atoms with Gasteiger partial charge in [0.1, 0.15) is 0 Å². The van der Waals surface area contributed by atoms with Crippen LogP contribution in [0.25, 0.3) is 98.7 Å². The predicted octanol–water partition coefficient (Wildman–Crippen LogP) is 14.0. The standard InChI is InChI=1S/C76H50Si2/c1-5-27-53(28-6-1)77(54-29-7-2-8-30-54)71-47-19-17-37-61(71)67-45-23-43-65(75(67)77)59-39-21-41-63-69(59)50-70-60(40-22-42-64(70)74(63)73-57-35-15-13-25-51(57)49-52-26-14-16-36-58(52)73)66-44-24-46-68-62-38-18-20-48-72(62)78(76(66)68,55-31-9-3-10-32-55)56-33-11-4-12-34-56/h1-50H. The molecule has 0 spiro atoms. The van der Waals surface area contributed by atoms with Crippen molar-refractivity contribution < 1.29 is 0 Å². The lowest BCUT2D eigenvalue weighted by Crippen LogP contribution is -2.73. The highest BCUT2D eigenvalue weighted by molar-refractivity contribution is 7.23. The summed E-state index contributed by atoms with van der Waals surface area (Å²) in [7, 11) is -5.85. The summed E-state index contributed by atoms with van der Waals surface area (Å²) in [5.41, 5.74) is 13.0. The van der Waals surface area contributed by atoms with Gasteiger partial charge in [-0.15, -0.1) is 0 Å². The summed E-state index contributed by atoms with van der Waals surface area (Å²) >= 11 is 0. The second-order valence-electron chi connectivity index (χ2n) is 21.3. The first-order valence-corrected chi connectivity index (χ1v) is 31.3. The van der Waals surface area contributed by atoms with Crippen molar-refractivity contribution in [3.05, 3.63) is 303 Å². The van der Waals surface area contributed by atoms with Crippen LogP contribution < -0.4 is 41.5 Å².